The summed E-state index contributed by atoms with van der Waals surface area (Å²) in [7, 11) is 1.40. The van der Waals surface area contributed by atoms with E-state index in [9.17, 15) is 4.79 Å². The van der Waals surface area contributed by atoms with Gasteiger partial charge in [-0.3, -0.25) is 4.90 Å². The molecule has 2 N–H and O–H groups in total. The number of esters is 1. The van der Waals surface area contributed by atoms with Gasteiger partial charge in [0, 0.05) is 30.1 Å². The van der Waals surface area contributed by atoms with Crippen LogP contribution in [0.1, 0.15) is 35.5 Å². The number of benzene rings is 1. The average molecular weight is 359 g/mol. The number of piperidine rings is 1. The SMILES string of the molecule is COC(=O)c1c(N)sc(CN2CC(C)CC(C)C2)c1-c1ccccc1. The Morgan fingerprint density at radius 2 is 1.88 bits per heavy atom. The third kappa shape index (κ3) is 3.88. The van der Waals surface area contributed by atoms with Crippen LogP contribution in [-0.2, 0) is 11.3 Å². The van der Waals surface area contributed by atoms with Gasteiger partial charge in [0.15, 0.2) is 0 Å². The van der Waals surface area contributed by atoms with Crippen LogP contribution in [0, 0.1) is 11.8 Å². The summed E-state index contributed by atoms with van der Waals surface area (Å²) in [5.74, 6) is 1.03. The van der Waals surface area contributed by atoms with Crippen molar-refractivity contribution >= 4 is 22.3 Å². The van der Waals surface area contributed by atoms with Gasteiger partial charge in [-0.25, -0.2) is 4.79 Å². The molecule has 0 amide bonds. The lowest BCUT2D eigenvalue weighted by Gasteiger charge is -2.34. The van der Waals surface area contributed by atoms with E-state index in [-0.39, 0.29) is 5.97 Å². The van der Waals surface area contributed by atoms with E-state index in [1.54, 1.807) is 0 Å². The van der Waals surface area contributed by atoms with Crippen LogP contribution in [0.3, 0.4) is 0 Å². The topological polar surface area (TPSA) is 55.6 Å². The average Bonchev–Trinajstić information content (AvgIpc) is 2.90. The lowest BCUT2D eigenvalue weighted by molar-refractivity contribution is 0.0603. The highest BCUT2D eigenvalue weighted by atomic mass is 32.1. The quantitative estimate of drug-likeness (QED) is 0.830. The molecule has 1 aromatic carbocycles. The van der Waals surface area contributed by atoms with Crippen molar-refractivity contribution in [3.8, 4) is 11.1 Å². The fraction of sp³-hybridized carbons (Fsp3) is 0.450. The normalized spacial score (nSPS) is 21.2. The van der Waals surface area contributed by atoms with E-state index >= 15 is 0 Å². The molecule has 3 rings (SSSR count). The summed E-state index contributed by atoms with van der Waals surface area (Å²) < 4.78 is 4.99. The van der Waals surface area contributed by atoms with Gasteiger partial charge in [-0.15, -0.1) is 11.3 Å². The number of nitrogens with zero attached hydrogens (tertiary/aromatic N) is 1. The zero-order chi connectivity index (χ0) is 18.0. The molecule has 25 heavy (non-hydrogen) atoms. The number of anilines is 1. The molecular weight excluding hydrogens is 332 g/mol. The van der Waals surface area contributed by atoms with Gasteiger partial charge in [0.25, 0.3) is 0 Å². The first-order valence-electron chi connectivity index (χ1n) is 8.76. The molecule has 0 spiro atoms. The van der Waals surface area contributed by atoms with Gasteiger partial charge in [-0.2, -0.15) is 0 Å². The van der Waals surface area contributed by atoms with E-state index < -0.39 is 0 Å². The molecule has 2 unspecified atom stereocenters. The van der Waals surface area contributed by atoms with Crippen LogP contribution in [-0.4, -0.2) is 31.1 Å². The second-order valence-electron chi connectivity index (χ2n) is 7.14. The first kappa shape index (κ1) is 18.0. The summed E-state index contributed by atoms with van der Waals surface area (Å²) in [6.45, 7) is 7.62. The van der Waals surface area contributed by atoms with E-state index in [0.29, 0.717) is 22.4 Å². The third-order valence-electron chi connectivity index (χ3n) is 4.77. The molecule has 1 aliphatic heterocycles. The number of rotatable bonds is 4. The van der Waals surface area contributed by atoms with E-state index in [2.05, 4.69) is 18.7 Å². The molecular formula is C20H26N2O2S. The van der Waals surface area contributed by atoms with Crippen molar-refractivity contribution < 1.29 is 9.53 Å². The lowest BCUT2D eigenvalue weighted by Crippen LogP contribution is -2.38. The predicted octanol–water partition coefficient (Wildman–Crippen LogP) is 4.26. The van der Waals surface area contributed by atoms with Crippen molar-refractivity contribution in [2.45, 2.75) is 26.8 Å². The van der Waals surface area contributed by atoms with Crippen LogP contribution in [0.15, 0.2) is 30.3 Å². The number of hydrogen-bond donors (Lipinski definition) is 1. The minimum atomic E-state index is -0.362. The number of ether oxygens (including phenoxy) is 1. The maximum atomic E-state index is 12.3. The van der Waals surface area contributed by atoms with Gasteiger partial charge >= 0.3 is 5.97 Å². The van der Waals surface area contributed by atoms with Crippen molar-refractivity contribution in [2.75, 3.05) is 25.9 Å². The van der Waals surface area contributed by atoms with Crippen molar-refractivity contribution in [2.24, 2.45) is 11.8 Å². The molecule has 2 atom stereocenters. The number of likely N-dealkylation sites (tertiary alicyclic amines) is 1. The Kier molecular flexibility index (Phi) is 5.45. The highest BCUT2D eigenvalue weighted by Gasteiger charge is 2.27. The number of methoxy groups -OCH3 is 1. The number of nitrogen functional groups attached to an aromatic ring is 1. The van der Waals surface area contributed by atoms with Crippen molar-refractivity contribution in [3.63, 3.8) is 0 Å². The third-order valence-corrected chi connectivity index (χ3v) is 5.78. The smallest absolute Gasteiger partial charge is 0.341 e. The van der Waals surface area contributed by atoms with Gasteiger partial charge in [0.1, 0.15) is 10.6 Å². The first-order chi connectivity index (χ1) is 12.0. The highest BCUT2D eigenvalue weighted by Crippen LogP contribution is 2.40. The van der Waals surface area contributed by atoms with E-state index in [1.807, 2.05) is 30.3 Å². The van der Waals surface area contributed by atoms with Gasteiger partial charge in [-0.1, -0.05) is 44.2 Å². The van der Waals surface area contributed by atoms with Crippen LogP contribution in [0.25, 0.3) is 11.1 Å². The number of hydrogen-bond acceptors (Lipinski definition) is 5. The second kappa shape index (κ2) is 7.58. The van der Waals surface area contributed by atoms with Crippen molar-refractivity contribution in [1.29, 1.82) is 0 Å². The molecule has 1 aromatic heterocycles. The molecule has 0 bridgehead atoms. The van der Waals surface area contributed by atoms with E-state index in [4.69, 9.17) is 10.5 Å². The molecule has 1 fully saturated rings. The molecule has 2 aromatic rings. The molecule has 4 nitrogen and oxygen atoms in total. The molecule has 5 heteroatoms. The van der Waals surface area contributed by atoms with Crippen LogP contribution < -0.4 is 5.73 Å². The Balaban J connectivity index is 2.00. The minimum Gasteiger partial charge on any atom is -0.465 e. The Bertz CT molecular complexity index is 732. The van der Waals surface area contributed by atoms with Crippen LogP contribution >= 0.6 is 11.3 Å². The number of carbonyl (C=O) groups is 1. The van der Waals surface area contributed by atoms with Gasteiger partial charge in [0.2, 0.25) is 0 Å². The largest absolute Gasteiger partial charge is 0.465 e. The molecule has 134 valence electrons. The molecule has 1 aliphatic rings. The Morgan fingerprint density at radius 3 is 2.48 bits per heavy atom. The summed E-state index contributed by atoms with van der Waals surface area (Å²) in [6, 6.07) is 10.0. The highest BCUT2D eigenvalue weighted by molar-refractivity contribution is 7.17. The molecule has 0 aliphatic carbocycles. The van der Waals surface area contributed by atoms with Gasteiger partial charge in [0.05, 0.1) is 7.11 Å². The zero-order valence-corrected chi connectivity index (χ0v) is 15.9. The summed E-state index contributed by atoms with van der Waals surface area (Å²) in [5.41, 5.74) is 8.67. The van der Waals surface area contributed by atoms with Gasteiger partial charge in [-0.05, 0) is 23.8 Å². The minimum absolute atomic E-state index is 0.362. The Labute approximate surface area is 153 Å². The molecule has 0 radical (unpaired) electrons. The van der Waals surface area contributed by atoms with E-state index in [1.165, 1.54) is 24.9 Å². The fourth-order valence-electron chi connectivity index (χ4n) is 3.95. The Morgan fingerprint density at radius 1 is 1.24 bits per heavy atom. The number of carbonyl (C=O) groups excluding carboxylic acids is 1. The lowest BCUT2D eigenvalue weighted by atomic mass is 9.91. The second-order valence-corrected chi connectivity index (χ2v) is 8.27. The summed E-state index contributed by atoms with van der Waals surface area (Å²) in [4.78, 5) is 16.0. The Hall–Kier alpha value is -1.85. The predicted molar refractivity (Wildman–Crippen MR) is 104 cm³/mol. The number of thiophene rings is 1. The summed E-state index contributed by atoms with van der Waals surface area (Å²) >= 11 is 1.51. The summed E-state index contributed by atoms with van der Waals surface area (Å²) in [6.07, 6.45) is 1.28. The standard InChI is InChI=1S/C20H26N2O2S/c1-13-9-14(2)11-22(10-13)12-16-17(15-7-5-4-6-8-15)18(19(21)25-16)20(23)24-3/h4-8,13-14H,9-12,21H2,1-3H3. The fourth-order valence-corrected chi connectivity index (χ4v) is 5.07. The monoisotopic (exact) mass is 358 g/mol. The first-order valence-corrected chi connectivity index (χ1v) is 9.58. The maximum Gasteiger partial charge on any atom is 0.341 e. The van der Waals surface area contributed by atoms with Crippen LogP contribution in [0.5, 0.6) is 0 Å². The summed E-state index contributed by atoms with van der Waals surface area (Å²) in [5, 5.41) is 0.541. The van der Waals surface area contributed by atoms with E-state index in [0.717, 1.165) is 35.6 Å². The number of nitrogens with two attached hydrogens (primary N) is 1. The molecule has 1 saturated heterocycles. The molecule has 0 saturated carbocycles. The van der Waals surface area contributed by atoms with Crippen LogP contribution in [0.2, 0.25) is 0 Å². The van der Waals surface area contributed by atoms with Crippen molar-refractivity contribution in [3.05, 3.63) is 40.8 Å². The van der Waals surface area contributed by atoms with Crippen molar-refractivity contribution in [1.82, 2.24) is 4.90 Å². The zero-order valence-electron chi connectivity index (χ0n) is 15.1. The van der Waals surface area contributed by atoms with Crippen LogP contribution in [0.4, 0.5) is 5.00 Å². The maximum absolute atomic E-state index is 12.3. The molecule has 2 heterocycles. The van der Waals surface area contributed by atoms with Gasteiger partial charge < -0.3 is 10.5 Å².